The predicted molar refractivity (Wildman–Crippen MR) is 89.9 cm³/mol. The van der Waals surface area contributed by atoms with E-state index in [0.717, 1.165) is 19.3 Å². The van der Waals surface area contributed by atoms with Crippen LogP contribution < -0.4 is 0 Å². The van der Waals surface area contributed by atoms with Gasteiger partial charge in [0.1, 0.15) is 12.2 Å². The van der Waals surface area contributed by atoms with Crippen LogP contribution in [0, 0.1) is 17.8 Å². The lowest BCUT2D eigenvalue weighted by molar-refractivity contribution is -0.138. The van der Waals surface area contributed by atoms with Crippen molar-refractivity contribution < 1.29 is 19.4 Å². The first-order valence-electron chi connectivity index (χ1n) is 8.86. The average molecular weight is 347 g/mol. The second kappa shape index (κ2) is 7.47. The first-order valence-corrected chi connectivity index (χ1v) is 8.86. The lowest BCUT2D eigenvalue weighted by Gasteiger charge is -2.34. The minimum absolute atomic E-state index is 0.0879. The molecule has 0 spiro atoms. The van der Waals surface area contributed by atoms with Crippen LogP contribution in [0.1, 0.15) is 43.6 Å². The standard InChI is InChI=1S/C18H25N3O4/c1-11(2)16-7-12-5-14(6-13(12)10-25-16)21(9-17(22)23)18(24)15-8-19-3-4-20-15/h3-4,8,11-14,16H,5-7,9-10H2,1-2H3,(H,22,23)/t12-,13+,14-,16-/m0/s1. The van der Waals surface area contributed by atoms with Crippen LogP contribution in [0.25, 0.3) is 0 Å². The molecule has 7 heteroatoms. The first kappa shape index (κ1) is 17.8. The molecule has 2 heterocycles. The maximum atomic E-state index is 12.8. The molecule has 1 aliphatic carbocycles. The van der Waals surface area contributed by atoms with Crippen molar-refractivity contribution in [2.75, 3.05) is 13.2 Å². The van der Waals surface area contributed by atoms with E-state index < -0.39 is 5.97 Å². The Bertz CT molecular complexity index is 622. The SMILES string of the molecule is CC(C)[C@@H]1C[C@@H]2C[C@H](N(CC(=O)O)C(=O)c3cnccn3)C[C@@H]2CO1. The number of fused-ring (bicyclic) bond motifs is 1. The highest BCUT2D eigenvalue weighted by molar-refractivity contribution is 5.94. The van der Waals surface area contributed by atoms with Crippen molar-refractivity contribution in [3.8, 4) is 0 Å². The van der Waals surface area contributed by atoms with E-state index in [9.17, 15) is 14.7 Å². The van der Waals surface area contributed by atoms with Crippen LogP contribution in [0.15, 0.2) is 18.6 Å². The van der Waals surface area contributed by atoms with Gasteiger partial charge < -0.3 is 14.7 Å². The van der Waals surface area contributed by atoms with Crippen molar-refractivity contribution in [2.45, 2.75) is 45.3 Å². The van der Waals surface area contributed by atoms with Gasteiger partial charge in [0, 0.05) is 18.4 Å². The molecule has 25 heavy (non-hydrogen) atoms. The van der Waals surface area contributed by atoms with E-state index >= 15 is 0 Å². The molecular formula is C18H25N3O4. The monoisotopic (exact) mass is 347 g/mol. The number of ether oxygens (including phenoxy) is 1. The van der Waals surface area contributed by atoms with E-state index in [1.54, 1.807) is 0 Å². The molecule has 1 aromatic heterocycles. The van der Waals surface area contributed by atoms with Gasteiger partial charge in [-0.3, -0.25) is 14.6 Å². The van der Waals surface area contributed by atoms with Crippen LogP contribution in [-0.2, 0) is 9.53 Å². The van der Waals surface area contributed by atoms with Crippen LogP contribution in [0.4, 0.5) is 0 Å². The summed E-state index contributed by atoms with van der Waals surface area (Å²) in [5.74, 6) is -0.0247. The third-order valence-electron chi connectivity index (χ3n) is 5.41. The van der Waals surface area contributed by atoms with Crippen molar-refractivity contribution in [2.24, 2.45) is 17.8 Å². The molecular weight excluding hydrogens is 322 g/mol. The number of carbonyl (C=O) groups excluding carboxylic acids is 1. The molecule has 1 amide bonds. The molecule has 0 bridgehead atoms. The Kier molecular flexibility index (Phi) is 5.32. The lowest BCUT2D eigenvalue weighted by Crippen LogP contribution is -2.43. The van der Waals surface area contributed by atoms with Gasteiger partial charge in [-0.05, 0) is 37.0 Å². The molecule has 4 atom stereocenters. The normalized spacial score (nSPS) is 28.6. The number of amides is 1. The topological polar surface area (TPSA) is 92.6 Å². The second-order valence-electron chi connectivity index (χ2n) is 7.41. The molecule has 2 aliphatic rings. The highest BCUT2D eigenvalue weighted by Gasteiger charge is 2.43. The highest BCUT2D eigenvalue weighted by atomic mass is 16.5. The quantitative estimate of drug-likeness (QED) is 0.874. The van der Waals surface area contributed by atoms with E-state index in [-0.39, 0.29) is 30.3 Å². The van der Waals surface area contributed by atoms with Gasteiger partial charge in [-0.2, -0.15) is 0 Å². The van der Waals surface area contributed by atoms with Crippen molar-refractivity contribution >= 4 is 11.9 Å². The number of aliphatic carboxylic acids is 1. The van der Waals surface area contributed by atoms with E-state index in [1.807, 2.05) is 0 Å². The van der Waals surface area contributed by atoms with Crippen LogP contribution in [0.2, 0.25) is 0 Å². The molecule has 0 unspecified atom stereocenters. The second-order valence-corrected chi connectivity index (χ2v) is 7.41. The fourth-order valence-electron chi connectivity index (χ4n) is 4.07. The third-order valence-corrected chi connectivity index (χ3v) is 5.41. The zero-order valence-corrected chi connectivity index (χ0v) is 14.7. The van der Waals surface area contributed by atoms with E-state index in [0.29, 0.717) is 24.4 Å². The van der Waals surface area contributed by atoms with Gasteiger partial charge in [0.15, 0.2) is 0 Å². The number of aromatic nitrogens is 2. The van der Waals surface area contributed by atoms with Gasteiger partial charge in [0.05, 0.1) is 18.9 Å². The number of carboxylic acid groups (broad SMARTS) is 1. The average Bonchev–Trinajstić information content (AvgIpc) is 3.02. The molecule has 2 fully saturated rings. The number of rotatable bonds is 5. The summed E-state index contributed by atoms with van der Waals surface area (Å²) in [7, 11) is 0. The molecule has 1 aliphatic heterocycles. The summed E-state index contributed by atoms with van der Waals surface area (Å²) < 4.78 is 5.97. The summed E-state index contributed by atoms with van der Waals surface area (Å²) in [6.45, 7) is 4.70. The summed E-state index contributed by atoms with van der Waals surface area (Å²) in [5.41, 5.74) is 0.190. The molecule has 1 saturated heterocycles. The van der Waals surface area contributed by atoms with Crippen LogP contribution in [-0.4, -0.2) is 57.1 Å². The predicted octanol–water partition coefficient (Wildman–Crippen LogP) is 1.84. The van der Waals surface area contributed by atoms with E-state index in [1.165, 1.54) is 23.5 Å². The summed E-state index contributed by atoms with van der Waals surface area (Å²) in [6, 6.07) is -0.0879. The summed E-state index contributed by atoms with van der Waals surface area (Å²) in [4.78, 5) is 33.5. The molecule has 3 rings (SSSR count). The van der Waals surface area contributed by atoms with Gasteiger partial charge in [-0.25, -0.2) is 4.98 Å². The maximum absolute atomic E-state index is 12.8. The van der Waals surface area contributed by atoms with Crippen LogP contribution in [0.3, 0.4) is 0 Å². The van der Waals surface area contributed by atoms with Crippen LogP contribution in [0.5, 0.6) is 0 Å². The summed E-state index contributed by atoms with van der Waals surface area (Å²) in [6.07, 6.45) is 7.18. The summed E-state index contributed by atoms with van der Waals surface area (Å²) in [5, 5.41) is 9.26. The Morgan fingerprint density at radius 3 is 2.68 bits per heavy atom. The van der Waals surface area contributed by atoms with E-state index in [4.69, 9.17) is 4.74 Å². The molecule has 1 N–H and O–H groups in total. The minimum Gasteiger partial charge on any atom is -0.480 e. The molecule has 1 aromatic rings. The fourth-order valence-corrected chi connectivity index (χ4v) is 4.07. The molecule has 0 radical (unpaired) electrons. The Morgan fingerprint density at radius 2 is 2.04 bits per heavy atom. The Morgan fingerprint density at radius 1 is 1.28 bits per heavy atom. The minimum atomic E-state index is -1.01. The van der Waals surface area contributed by atoms with Gasteiger partial charge in [-0.15, -0.1) is 0 Å². The van der Waals surface area contributed by atoms with E-state index in [2.05, 4.69) is 23.8 Å². The number of nitrogens with zero attached hydrogens (tertiary/aromatic N) is 3. The largest absolute Gasteiger partial charge is 0.480 e. The molecule has 0 aromatic carbocycles. The van der Waals surface area contributed by atoms with Gasteiger partial charge in [-0.1, -0.05) is 13.8 Å². The zero-order valence-electron chi connectivity index (χ0n) is 14.7. The number of hydrogen-bond donors (Lipinski definition) is 1. The molecule has 1 saturated carbocycles. The number of hydrogen-bond acceptors (Lipinski definition) is 5. The first-order chi connectivity index (χ1) is 12.0. The Balaban J connectivity index is 1.74. The van der Waals surface area contributed by atoms with Crippen molar-refractivity contribution in [1.82, 2.24) is 14.9 Å². The van der Waals surface area contributed by atoms with Crippen molar-refractivity contribution in [3.05, 3.63) is 24.3 Å². The Hall–Kier alpha value is -2.02. The number of carboxylic acids is 1. The molecule has 136 valence electrons. The maximum Gasteiger partial charge on any atom is 0.323 e. The highest BCUT2D eigenvalue weighted by Crippen LogP contribution is 2.42. The van der Waals surface area contributed by atoms with Crippen molar-refractivity contribution in [1.29, 1.82) is 0 Å². The van der Waals surface area contributed by atoms with Gasteiger partial charge in [0.25, 0.3) is 5.91 Å². The lowest BCUT2D eigenvalue weighted by atomic mass is 9.85. The molecule has 7 nitrogen and oxygen atoms in total. The van der Waals surface area contributed by atoms with Gasteiger partial charge >= 0.3 is 5.97 Å². The van der Waals surface area contributed by atoms with Crippen molar-refractivity contribution in [3.63, 3.8) is 0 Å². The van der Waals surface area contributed by atoms with Gasteiger partial charge in [0.2, 0.25) is 0 Å². The smallest absolute Gasteiger partial charge is 0.323 e. The fraction of sp³-hybridized carbons (Fsp3) is 0.667. The van der Waals surface area contributed by atoms with Crippen LogP contribution >= 0.6 is 0 Å². The zero-order chi connectivity index (χ0) is 18.0. The number of carbonyl (C=O) groups is 2. The summed E-state index contributed by atoms with van der Waals surface area (Å²) >= 11 is 0. The Labute approximate surface area is 147 Å². The third kappa shape index (κ3) is 3.98.